The van der Waals surface area contributed by atoms with E-state index in [-0.39, 0.29) is 17.6 Å². The third-order valence-electron chi connectivity index (χ3n) is 2.94. The molecule has 0 bridgehead atoms. The van der Waals surface area contributed by atoms with Crippen LogP contribution in [0.5, 0.6) is 0 Å². The van der Waals surface area contributed by atoms with Crippen molar-refractivity contribution in [1.29, 1.82) is 0 Å². The fourth-order valence-corrected chi connectivity index (χ4v) is 2.08. The molecule has 0 aromatic carbocycles. The van der Waals surface area contributed by atoms with Crippen molar-refractivity contribution in [2.75, 3.05) is 0 Å². The number of fused-ring (bicyclic) bond motifs is 1. The molecule has 0 N–H and O–H groups in total. The predicted molar refractivity (Wildman–Crippen MR) is 51.9 cm³/mol. The Kier molecular flexibility index (Phi) is 2.50. The van der Waals surface area contributed by atoms with Crippen LogP contribution in [0.4, 0.5) is 0 Å². The number of ether oxygens (including phenoxy) is 2. The zero-order valence-corrected chi connectivity index (χ0v) is 8.69. The van der Waals surface area contributed by atoms with E-state index in [1.54, 1.807) is 0 Å². The highest BCUT2D eigenvalue weighted by molar-refractivity contribution is 5.99. The predicted octanol–water partition coefficient (Wildman–Crippen LogP) is 1.20. The van der Waals surface area contributed by atoms with E-state index in [2.05, 4.69) is 13.5 Å². The maximum atomic E-state index is 11.5. The smallest absolute Gasteiger partial charge is 0.334 e. The third kappa shape index (κ3) is 1.54. The molecule has 0 aromatic heterocycles. The fourth-order valence-electron chi connectivity index (χ4n) is 2.08. The molecule has 2 saturated heterocycles. The van der Waals surface area contributed by atoms with Gasteiger partial charge in [0.25, 0.3) is 0 Å². The molecule has 0 saturated carbocycles. The molecule has 3 atom stereocenters. The molecule has 2 fully saturated rings. The molecule has 0 aromatic rings. The van der Waals surface area contributed by atoms with Gasteiger partial charge in [-0.3, -0.25) is 4.79 Å². The second-order valence-electron chi connectivity index (χ2n) is 3.99. The number of hydrogen-bond acceptors (Lipinski definition) is 4. The Morgan fingerprint density at radius 1 is 1.33 bits per heavy atom. The molecule has 0 spiro atoms. The van der Waals surface area contributed by atoms with Gasteiger partial charge in [0.2, 0.25) is 0 Å². The first-order valence-electron chi connectivity index (χ1n) is 5.25. The number of carbonyl (C=O) groups excluding carboxylic acids is 2. The van der Waals surface area contributed by atoms with E-state index in [0.717, 1.165) is 19.3 Å². The summed E-state index contributed by atoms with van der Waals surface area (Å²) < 4.78 is 10.3. The Morgan fingerprint density at radius 2 is 2.07 bits per heavy atom. The normalized spacial score (nSPS) is 33.9. The van der Waals surface area contributed by atoms with Gasteiger partial charge in [0.1, 0.15) is 12.0 Å². The zero-order valence-electron chi connectivity index (χ0n) is 8.69. The largest absolute Gasteiger partial charge is 0.458 e. The Bertz CT molecular complexity index is 321. The van der Waals surface area contributed by atoms with Gasteiger partial charge in [-0.1, -0.05) is 19.9 Å². The van der Waals surface area contributed by atoms with Gasteiger partial charge in [-0.25, -0.2) is 4.79 Å². The summed E-state index contributed by atoms with van der Waals surface area (Å²) in [6.45, 7) is 5.63. The van der Waals surface area contributed by atoms with Crippen LogP contribution in [0.25, 0.3) is 0 Å². The number of carbonyl (C=O) groups is 2. The van der Waals surface area contributed by atoms with Gasteiger partial charge >= 0.3 is 11.9 Å². The van der Waals surface area contributed by atoms with E-state index in [9.17, 15) is 9.59 Å². The zero-order chi connectivity index (χ0) is 11.0. The van der Waals surface area contributed by atoms with Gasteiger partial charge in [-0.15, -0.1) is 0 Å². The number of rotatable bonds is 3. The van der Waals surface area contributed by atoms with Gasteiger partial charge in [-0.2, -0.15) is 0 Å². The van der Waals surface area contributed by atoms with E-state index in [1.807, 2.05) is 0 Å². The van der Waals surface area contributed by atoms with Crippen molar-refractivity contribution < 1.29 is 19.1 Å². The average Bonchev–Trinajstić information content (AvgIpc) is 2.65. The maximum Gasteiger partial charge on any atom is 0.334 e. The lowest BCUT2D eigenvalue weighted by Gasteiger charge is -2.14. The number of unbranched alkanes of at least 4 members (excludes halogenated alkanes) is 1. The van der Waals surface area contributed by atoms with Crippen LogP contribution in [0.1, 0.15) is 26.2 Å². The maximum absolute atomic E-state index is 11.5. The monoisotopic (exact) mass is 210 g/mol. The van der Waals surface area contributed by atoms with Gasteiger partial charge in [0, 0.05) is 5.57 Å². The summed E-state index contributed by atoms with van der Waals surface area (Å²) in [4.78, 5) is 22.7. The molecule has 0 aliphatic carbocycles. The summed E-state index contributed by atoms with van der Waals surface area (Å²) in [5, 5.41) is 0. The van der Waals surface area contributed by atoms with Crippen LogP contribution < -0.4 is 0 Å². The first kappa shape index (κ1) is 10.2. The summed E-state index contributed by atoms with van der Waals surface area (Å²) in [5.74, 6) is -1.38. The molecule has 15 heavy (non-hydrogen) atoms. The lowest BCUT2D eigenvalue weighted by molar-refractivity contribution is -0.149. The van der Waals surface area contributed by atoms with Crippen LogP contribution in [-0.2, 0) is 19.1 Å². The van der Waals surface area contributed by atoms with Crippen LogP contribution in [0.15, 0.2) is 12.2 Å². The summed E-state index contributed by atoms with van der Waals surface area (Å²) in [6, 6.07) is 0. The van der Waals surface area contributed by atoms with E-state index in [1.165, 1.54) is 0 Å². The number of esters is 2. The molecule has 2 rings (SSSR count). The second kappa shape index (κ2) is 3.68. The van der Waals surface area contributed by atoms with E-state index in [4.69, 9.17) is 9.47 Å². The highest BCUT2D eigenvalue weighted by Gasteiger charge is 2.54. The first-order valence-corrected chi connectivity index (χ1v) is 5.25. The van der Waals surface area contributed by atoms with Crippen molar-refractivity contribution in [2.45, 2.75) is 38.4 Å². The second-order valence-corrected chi connectivity index (χ2v) is 3.99. The first-order chi connectivity index (χ1) is 7.15. The SMILES string of the molecule is C=C1C(=O)O[C@H]2[C@@H]1C(=O)O[C@@H]2CCCC. The number of hydrogen-bond donors (Lipinski definition) is 0. The molecule has 4 heteroatoms. The number of cyclic esters (lactones) is 1. The molecule has 0 amide bonds. The molecule has 4 nitrogen and oxygen atoms in total. The quantitative estimate of drug-likeness (QED) is 0.519. The van der Waals surface area contributed by atoms with E-state index >= 15 is 0 Å². The minimum absolute atomic E-state index is 0.240. The Hall–Kier alpha value is -1.32. The summed E-state index contributed by atoms with van der Waals surface area (Å²) >= 11 is 0. The average molecular weight is 210 g/mol. The van der Waals surface area contributed by atoms with Crippen molar-refractivity contribution in [3.05, 3.63) is 12.2 Å². The molecule has 2 aliphatic heterocycles. The Morgan fingerprint density at radius 3 is 2.73 bits per heavy atom. The van der Waals surface area contributed by atoms with Crippen LogP contribution in [-0.4, -0.2) is 24.1 Å². The minimum Gasteiger partial charge on any atom is -0.458 e. The van der Waals surface area contributed by atoms with Gasteiger partial charge < -0.3 is 9.47 Å². The summed E-state index contributed by atoms with van der Waals surface area (Å²) in [6.07, 6.45) is 2.05. The summed E-state index contributed by atoms with van der Waals surface area (Å²) in [5.41, 5.74) is 0.240. The van der Waals surface area contributed by atoms with Crippen LogP contribution in [0.2, 0.25) is 0 Å². The van der Waals surface area contributed by atoms with E-state index < -0.39 is 18.0 Å². The third-order valence-corrected chi connectivity index (χ3v) is 2.94. The van der Waals surface area contributed by atoms with E-state index in [0.29, 0.717) is 0 Å². The Balaban J connectivity index is 2.10. The highest BCUT2D eigenvalue weighted by atomic mass is 16.6. The van der Waals surface area contributed by atoms with Gasteiger partial charge in [-0.05, 0) is 12.8 Å². The van der Waals surface area contributed by atoms with Crippen LogP contribution in [0.3, 0.4) is 0 Å². The van der Waals surface area contributed by atoms with Crippen molar-refractivity contribution in [3.63, 3.8) is 0 Å². The molecular weight excluding hydrogens is 196 g/mol. The van der Waals surface area contributed by atoms with Gasteiger partial charge in [0.05, 0.1) is 0 Å². The molecular formula is C11H14O4. The van der Waals surface area contributed by atoms with Crippen molar-refractivity contribution in [1.82, 2.24) is 0 Å². The topological polar surface area (TPSA) is 52.6 Å². The lowest BCUT2D eigenvalue weighted by atomic mass is 9.95. The Labute approximate surface area is 88.2 Å². The molecule has 0 unspecified atom stereocenters. The van der Waals surface area contributed by atoms with Crippen molar-refractivity contribution in [2.24, 2.45) is 5.92 Å². The highest BCUT2D eigenvalue weighted by Crippen LogP contribution is 2.38. The van der Waals surface area contributed by atoms with Crippen LogP contribution >= 0.6 is 0 Å². The molecule has 2 heterocycles. The molecule has 0 radical (unpaired) electrons. The van der Waals surface area contributed by atoms with Crippen LogP contribution in [0, 0.1) is 5.92 Å². The molecule has 2 aliphatic rings. The fraction of sp³-hybridized carbons (Fsp3) is 0.636. The van der Waals surface area contributed by atoms with Gasteiger partial charge in [0.15, 0.2) is 6.10 Å². The molecule has 82 valence electrons. The standard InChI is InChI=1S/C11H14O4/c1-3-4-5-7-9-8(11(13)14-7)6(2)10(12)15-9/h7-9H,2-5H2,1H3/t7-,8-,9-/m1/s1. The summed E-state index contributed by atoms with van der Waals surface area (Å²) in [7, 11) is 0. The van der Waals surface area contributed by atoms with Crippen molar-refractivity contribution >= 4 is 11.9 Å². The van der Waals surface area contributed by atoms with Crippen molar-refractivity contribution in [3.8, 4) is 0 Å². The minimum atomic E-state index is -0.556. The lowest BCUT2D eigenvalue weighted by Crippen LogP contribution is -2.24.